The maximum atomic E-state index is 13.4. The number of likely N-dealkylation sites (N-methyl/N-ethyl adjacent to an activating group) is 1. The zero-order chi connectivity index (χ0) is 25.5. The number of rotatable bonds is 12. The van der Waals surface area contributed by atoms with Gasteiger partial charge in [0.25, 0.3) is 0 Å². The van der Waals surface area contributed by atoms with Gasteiger partial charge in [-0.15, -0.1) is 0 Å². The van der Waals surface area contributed by atoms with Crippen molar-refractivity contribution in [2.24, 2.45) is 0 Å². The lowest BCUT2D eigenvalue weighted by atomic mass is 10.2. The van der Waals surface area contributed by atoms with Gasteiger partial charge in [-0.1, -0.05) is 26.0 Å². The standard InChI is InChI=1S/C23H34N4O5S2/c1-6-26(7-2)15-16-27(18-23(28)24-20-10-8-9-19(3)17-20)34(31,32)22-13-11-21(12-14-22)33(29,30)25(4)5/h8-14,17H,6-7,15-16,18H2,1-5H3,(H,24,28). The first-order valence-corrected chi connectivity index (χ1v) is 13.9. The first-order chi connectivity index (χ1) is 15.9. The predicted octanol–water partition coefficient (Wildman–Crippen LogP) is 2.22. The van der Waals surface area contributed by atoms with Crippen LogP contribution in [0.5, 0.6) is 0 Å². The highest BCUT2D eigenvalue weighted by Gasteiger charge is 2.28. The van der Waals surface area contributed by atoms with Gasteiger partial charge in [-0.2, -0.15) is 4.31 Å². The van der Waals surface area contributed by atoms with E-state index in [1.165, 1.54) is 38.4 Å². The lowest BCUT2D eigenvalue weighted by molar-refractivity contribution is -0.116. The molecular formula is C23H34N4O5S2. The molecule has 0 saturated carbocycles. The number of carbonyl (C=O) groups is 1. The van der Waals surface area contributed by atoms with Crippen LogP contribution in [0.4, 0.5) is 5.69 Å². The molecule has 0 aliphatic heterocycles. The maximum Gasteiger partial charge on any atom is 0.243 e. The van der Waals surface area contributed by atoms with Crippen LogP contribution in [0, 0.1) is 6.92 Å². The van der Waals surface area contributed by atoms with Gasteiger partial charge in [-0.05, 0) is 62.0 Å². The summed E-state index contributed by atoms with van der Waals surface area (Å²) in [7, 11) is -4.94. The van der Waals surface area contributed by atoms with Crippen molar-refractivity contribution in [3.8, 4) is 0 Å². The van der Waals surface area contributed by atoms with Crippen molar-refractivity contribution in [1.29, 1.82) is 0 Å². The van der Waals surface area contributed by atoms with E-state index in [0.717, 1.165) is 27.3 Å². The van der Waals surface area contributed by atoms with E-state index in [2.05, 4.69) is 10.2 Å². The van der Waals surface area contributed by atoms with Crippen molar-refractivity contribution in [2.45, 2.75) is 30.6 Å². The SMILES string of the molecule is CCN(CC)CCN(CC(=O)Nc1cccc(C)c1)S(=O)(=O)c1ccc(S(=O)(=O)N(C)C)cc1. The molecule has 0 aliphatic rings. The topological polar surface area (TPSA) is 107 Å². The first-order valence-electron chi connectivity index (χ1n) is 11.0. The van der Waals surface area contributed by atoms with E-state index in [9.17, 15) is 21.6 Å². The Morgan fingerprint density at radius 1 is 0.853 bits per heavy atom. The molecule has 0 aliphatic carbocycles. The molecular weight excluding hydrogens is 476 g/mol. The molecule has 9 nitrogen and oxygen atoms in total. The quantitative estimate of drug-likeness (QED) is 0.469. The zero-order valence-electron chi connectivity index (χ0n) is 20.4. The van der Waals surface area contributed by atoms with E-state index in [4.69, 9.17) is 0 Å². The number of sulfonamides is 2. The molecule has 34 heavy (non-hydrogen) atoms. The van der Waals surface area contributed by atoms with Crippen LogP contribution in [0.25, 0.3) is 0 Å². The highest BCUT2D eigenvalue weighted by Crippen LogP contribution is 2.20. The molecule has 188 valence electrons. The van der Waals surface area contributed by atoms with Gasteiger partial charge < -0.3 is 10.2 Å². The number of hydrogen-bond acceptors (Lipinski definition) is 6. The molecule has 0 radical (unpaired) electrons. The van der Waals surface area contributed by atoms with Crippen LogP contribution in [0.3, 0.4) is 0 Å². The van der Waals surface area contributed by atoms with Gasteiger partial charge in [-0.3, -0.25) is 4.79 Å². The molecule has 2 aromatic rings. The highest BCUT2D eigenvalue weighted by atomic mass is 32.2. The van der Waals surface area contributed by atoms with Crippen molar-refractivity contribution >= 4 is 31.6 Å². The second-order valence-corrected chi connectivity index (χ2v) is 12.1. The van der Waals surface area contributed by atoms with Crippen molar-refractivity contribution in [2.75, 3.05) is 52.1 Å². The van der Waals surface area contributed by atoms with Crippen LogP contribution in [-0.2, 0) is 24.8 Å². The van der Waals surface area contributed by atoms with E-state index in [-0.39, 0.29) is 22.9 Å². The molecule has 0 bridgehead atoms. The molecule has 1 amide bonds. The first kappa shape index (κ1) is 27.9. The number of nitrogens with one attached hydrogen (secondary N) is 1. The third kappa shape index (κ3) is 7.09. The minimum absolute atomic E-state index is 0.0108. The van der Waals surface area contributed by atoms with Crippen molar-refractivity contribution in [3.05, 3.63) is 54.1 Å². The van der Waals surface area contributed by atoms with Gasteiger partial charge in [-0.25, -0.2) is 21.1 Å². The average Bonchev–Trinajstić information content (AvgIpc) is 2.78. The molecule has 0 heterocycles. The fourth-order valence-corrected chi connectivity index (χ4v) is 5.59. The highest BCUT2D eigenvalue weighted by molar-refractivity contribution is 7.89. The van der Waals surface area contributed by atoms with E-state index in [0.29, 0.717) is 12.2 Å². The average molecular weight is 511 g/mol. The van der Waals surface area contributed by atoms with E-state index in [1.807, 2.05) is 32.9 Å². The third-order valence-electron chi connectivity index (χ3n) is 5.42. The maximum absolute atomic E-state index is 13.4. The van der Waals surface area contributed by atoms with Gasteiger partial charge in [0.05, 0.1) is 16.3 Å². The summed E-state index contributed by atoms with van der Waals surface area (Å²) in [6.07, 6.45) is 0. The Bertz CT molecular complexity index is 1180. The molecule has 0 saturated heterocycles. The number of benzene rings is 2. The third-order valence-corrected chi connectivity index (χ3v) is 9.11. The molecule has 0 atom stereocenters. The minimum atomic E-state index is -4.05. The van der Waals surface area contributed by atoms with Crippen molar-refractivity contribution in [1.82, 2.24) is 13.5 Å². The number of hydrogen-bond donors (Lipinski definition) is 1. The predicted molar refractivity (Wildman–Crippen MR) is 134 cm³/mol. The molecule has 2 rings (SSSR count). The summed E-state index contributed by atoms with van der Waals surface area (Å²) < 4.78 is 53.7. The van der Waals surface area contributed by atoms with Crippen LogP contribution in [0.15, 0.2) is 58.3 Å². The van der Waals surface area contributed by atoms with Crippen LogP contribution in [0.2, 0.25) is 0 Å². The van der Waals surface area contributed by atoms with Crippen LogP contribution in [-0.4, -0.2) is 83.1 Å². The lowest BCUT2D eigenvalue weighted by Crippen LogP contribution is -2.42. The molecule has 0 fully saturated rings. The molecule has 0 aromatic heterocycles. The normalized spacial score (nSPS) is 12.5. The van der Waals surface area contributed by atoms with Crippen molar-refractivity contribution < 1.29 is 21.6 Å². The summed E-state index contributed by atoms with van der Waals surface area (Å²) in [6, 6.07) is 12.3. The largest absolute Gasteiger partial charge is 0.325 e. The van der Waals surface area contributed by atoms with Crippen molar-refractivity contribution in [3.63, 3.8) is 0 Å². The number of amides is 1. The van der Waals surface area contributed by atoms with Gasteiger partial charge in [0.15, 0.2) is 0 Å². The zero-order valence-corrected chi connectivity index (χ0v) is 22.0. The summed E-state index contributed by atoms with van der Waals surface area (Å²) in [4.78, 5) is 14.7. The van der Waals surface area contributed by atoms with E-state index < -0.39 is 26.0 Å². The number of carbonyl (C=O) groups excluding carboxylic acids is 1. The monoisotopic (exact) mass is 510 g/mol. The lowest BCUT2D eigenvalue weighted by Gasteiger charge is -2.25. The van der Waals surface area contributed by atoms with Crippen LogP contribution < -0.4 is 5.32 Å². The molecule has 0 unspecified atom stereocenters. The Balaban J connectivity index is 2.31. The van der Waals surface area contributed by atoms with Gasteiger partial charge in [0.1, 0.15) is 0 Å². The Morgan fingerprint density at radius 3 is 1.91 bits per heavy atom. The summed E-state index contributed by atoms with van der Waals surface area (Å²) in [5, 5.41) is 2.75. The van der Waals surface area contributed by atoms with Crippen LogP contribution >= 0.6 is 0 Å². The van der Waals surface area contributed by atoms with Gasteiger partial charge >= 0.3 is 0 Å². The van der Waals surface area contributed by atoms with E-state index in [1.54, 1.807) is 12.1 Å². The van der Waals surface area contributed by atoms with Gasteiger partial charge in [0, 0.05) is 32.9 Å². The summed E-state index contributed by atoms with van der Waals surface area (Å²) in [5.41, 5.74) is 1.56. The summed E-state index contributed by atoms with van der Waals surface area (Å²) >= 11 is 0. The number of anilines is 1. The van der Waals surface area contributed by atoms with Crippen LogP contribution in [0.1, 0.15) is 19.4 Å². The summed E-state index contributed by atoms with van der Waals surface area (Å²) in [5.74, 6) is -0.458. The number of aryl methyl sites for hydroxylation is 1. The minimum Gasteiger partial charge on any atom is -0.325 e. The Kier molecular flexibility index (Phi) is 9.77. The Labute approximate surface area is 203 Å². The molecule has 2 aromatic carbocycles. The second kappa shape index (κ2) is 11.9. The fourth-order valence-electron chi connectivity index (χ4n) is 3.30. The Morgan fingerprint density at radius 2 is 1.41 bits per heavy atom. The number of nitrogens with zero attached hydrogens (tertiary/aromatic N) is 3. The summed E-state index contributed by atoms with van der Waals surface area (Å²) in [6.45, 7) is 7.56. The second-order valence-electron chi connectivity index (χ2n) is 8.04. The Hall–Kier alpha value is -2.31. The van der Waals surface area contributed by atoms with Gasteiger partial charge in [0.2, 0.25) is 26.0 Å². The fraction of sp³-hybridized carbons (Fsp3) is 0.435. The molecule has 1 N–H and O–H groups in total. The smallest absolute Gasteiger partial charge is 0.243 e. The van der Waals surface area contributed by atoms with E-state index >= 15 is 0 Å². The molecule has 0 spiro atoms. The molecule has 11 heteroatoms.